The lowest BCUT2D eigenvalue weighted by molar-refractivity contribution is -0.911. The van der Waals surface area contributed by atoms with Crippen LogP contribution in [0.2, 0.25) is 0 Å². The molecule has 0 aliphatic carbocycles. The van der Waals surface area contributed by atoms with Crippen molar-refractivity contribution in [3.63, 3.8) is 0 Å². The van der Waals surface area contributed by atoms with Crippen LogP contribution in [0.5, 0.6) is 5.75 Å². The second-order valence-corrected chi connectivity index (χ2v) is 5.72. The SMILES string of the molecule is CC(C)c1ccccc1OC[C@H](O)C[NH+]1CCOCC1. The van der Waals surface area contributed by atoms with Crippen molar-refractivity contribution in [2.45, 2.75) is 25.9 Å². The fourth-order valence-corrected chi connectivity index (χ4v) is 2.53. The average Bonchev–Trinajstić information content (AvgIpc) is 2.46. The zero-order valence-corrected chi connectivity index (χ0v) is 12.5. The second-order valence-electron chi connectivity index (χ2n) is 5.72. The minimum absolute atomic E-state index is 0.355. The molecule has 2 N–H and O–H groups in total. The maximum absolute atomic E-state index is 10.1. The molecule has 2 rings (SSSR count). The van der Waals surface area contributed by atoms with Crippen LogP contribution in [0.15, 0.2) is 24.3 Å². The number of hydrogen-bond acceptors (Lipinski definition) is 3. The summed E-state index contributed by atoms with van der Waals surface area (Å²) in [5.74, 6) is 1.31. The molecule has 1 atom stereocenters. The number of aliphatic hydroxyl groups excluding tert-OH is 1. The Kier molecular flexibility index (Phi) is 5.83. The van der Waals surface area contributed by atoms with E-state index in [0.29, 0.717) is 12.5 Å². The van der Waals surface area contributed by atoms with Gasteiger partial charge in [-0.25, -0.2) is 0 Å². The van der Waals surface area contributed by atoms with Crippen molar-refractivity contribution >= 4 is 0 Å². The highest BCUT2D eigenvalue weighted by Crippen LogP contribution is 2.25. The first-order valence-electron chi connectivity index (χ1n) is 7.48. The number of rotatable bonds is 6. The molecule has 0 saturated carbocycles. The molecule has 1 aliphatic heterocycles. The third-order valence-electron chi connectivity index (χ3n) is 3.70. The summed E-state index contributed by atoms with van der Waals surface area (Å²) < 4.78 is 11.1. The van der Waals surface area contributed by atoms with Crippen LogP contribution >= 0.6 is 0 Å². The first-order valence-corrected chi connectivity index (χ1v) is 7.48. The quantitative estimate of drug-likeness (QED) is 0.796. The van der Waals surface area contributed by atoms with Crippen LogP contribution in [0.25, 0.3) is 0 Å². The van der Waals surface area contributed by atoms with E-state index >= 15 is 0 Å². The van der Waals surface area contributed by atoms with Crippen LogP contribution in [0.3, 0.4) is 0 Å². The number of quaternary nitrogens is 1. The molecule has 0 spiro atoms. The molecule has 0 bridgehead atoms. The number of nitrogens with one attached hydrogen (secondary N) is 1. The minimum Gasteiger partial charge on any atom is -0.490 e. The van der Waals surface area contributed by atoms with Gasteiger partial charge in [0.2, 0.25) is 0 Å². The van der Waals surface area contributed by atoms with Gasteiger partial charge in [0.25, 0.3) is 0 Å². The summed E-state index contributed by atoms with van der Waals surface area (Å²) in [6.07, 6.45) is -0.427. The van der Waals surface area contributed by atoms with E-state index in [4.69, 9.17) is 9.47 Å². The van der Waals surface area contributed by atoms with E-state index in [9.17, 15) is 5.11 Å². The van der Waals surface area contributed by atoms with Crippen LogP contribution < -0.4 is 9.64 Å². The molecule has 4 nitrogen and oxygen atoms in total. The van der Waals surface area contributed by atoms with Crippen LogP contribution in [0, 0.1) is 0 Å². The van der Waals surface area contributed by atoms with Gasteiger partial charge in [0, 0.05) is 0 Å². The predicted octanol–water partition coefficient (Wildman–Crippen LogP) is 0.465. The predicted molar refractivity (Wildman–Crippen MR) is 78.4 cm³/mol. The van der Waals surface area contributed by atoms with Crippen LogP contribution in [0.4, 0.5) is 0 Å². The van der Waals surface area contributed by atoms with E-state index in [1.807, 2.05) is 18.2 Å². The largest absolute Gasteiger partial charge is 0.490 e. The topological polar surface area (TPSA) is 43.1 Å². The van der Waals surface area contributed by atoms with Gasteiger partial charge in [-0.15, -0.1) is 0 Å². The number of hydrogen-bond donors (Lipinski definition) is 2. The first kappa shape index (κ1) is 15.3. The summed E-state index contributed by atoms with van der Waals surface area (Å²) in [5.41, 5.74) is 1.19. The molecule has 20 heavy (non-hydrogen) atoms. The third-order valence-corrected chi connectivity index (χ3v) is 3.70. The van der Waals surface area contributed by atoms with E-state index < -0.39 is 6.10 Å². The molecule has 0 unspecified atom stereocenters. The maximum atomic E-state index is 10.1. The molecule has 1 aromatic carbocycles. The third kappa shape index (κ3) is 4.47. The van der Waals surface area contributed by atoms with Gasteiger partial charge in [0.05, 0.1) is 13.2 Å². The Morgan fingerprint density at radius 3 is 2.65 bits per heavy atom. The van der Waals surface area contributed by atoms with Crippen molar-refractivity contribution in [1.82, 2.24) is 0 Å². The molecule has 0 aromatic heterocycles. The van der Waals surface area contributed by atoms with Gasteiger partial charge in [0.1, 0.15) is 38.1 Å². The zero-order valence-electron chi connectivity index (χ0n) is 12.5. The van der Waals surface area contributed by atoms with E-state index in [-0.39, 0.29) is 0 Å². The van der Waals surface area contributed by atoms with Gasteiger partial charge in [-0.1, -0.05) is 32.0 Å². The molecular formula is C16H26NO3+. The first-order chi connectivity index (χ1) is 9.66. The number of morpholine rings is 1. The molecule has 4 heteroatoms. The lowest BCUT2D eigenvalue weighted by Crippen LogP contribution is -3.15. The molecule has 0 radical (unpaired) electrons. The lowest BCUT2D eigenvalue weighted by Gasteiger charge is -2.26. The highest BCUT2D eigenvalue weighted by molar-refractivity contribution is 5.35. The Bertz CT molecular complexity index is 402. The van der Waals surface area contributed by atoms with E-state index in [1.165, 1.54) is 10.5 Å². The van der Waals surface area contributed by atoms with Gasteiger partial charge in [-0.3, -0.25) is 0 Å². The van der Waals surface area contributed by atoms with Crippen molar-refractivity contribution in [2.24, 2.45) is 0 Å². The number of ether oxygens (including phenoxy) is 2. The highest BCUT2D eigenvalue weighted by atomic mass is 16.5. The number of para-hydroxylation sites is 1. The van der Waals surface area contributed by atoms with Crippen LogP contribution in [0.1, 0.15) is 25.3 Å². The van der Waals surface area contributed by atoms with Crippen molar-refractivity contribution < 1.29 is 19.5 Å². The Morgan fingerprint density at radius 1 is 1.25 bits per heavy atom. The fraction of sp³-hybridized carbons (Fsp3) is 0.625. The zero-order chi connectivity index (χ0) is 14.4. The highest BCUT2D eigenvalue weighted by Gasteiger charge is 2.19. The van der Waals surface area contributed by atoms with Crippen molar-refractivity contribution in [3.8, 4) is 5.75 Å². The van der Waals surface area contributed by atoms with Crippen LogP contribution in [-0.4, -0.2) is 50.7 Å². The van der Waals surface area contributed by atoms with Crippen molar-refractivity contribution in [1.29, 1.82) is 0 Å². The molecular weight excluding hydrogens is 254 g/mol. The summed E-state index contributed by atoms with van der Waals surface area (Å²) in [6.45, 7) is 8.91. The van der Waals surface area contributed by atoms with Crippen molar-refractivity contribution in [2.75, 3.05) is 39.5 Å². The molecule has 1 aliphatic rings. The fourth-order valence-electron chi connectivity index (χ4n) is 2.53. The summed E-state index contributed by atoms with van der Waals surface area (Å²) in [5, 5.41) is 10.1. The smallest absolute Gasteiger partial charge is 0.137 e. The maximum Gasteiger partial charge on any atom is 0.137 e. The van der Waals surface area contributed by atoms with Gasteiger partial charge in [-0.2, -0.15) is 0 Å². The standard InChI is InChI=1S/C16H25NO3/c1-13(2)15-5-3-4-6-16(15)20-12-14(18)11-17-7-9-19-10-8-17/h3-6,13-14,18H,7-12H2,1-2H3/p+1/t14-/m1/s1. The Hall–Kier alpha value is -1.10. The average molecular weight is 280 g/mol. The molecule has 112 valence electrons. The minimum atomic E-state index is -0.427. The normalized spacial score (nSPS) is 18.2. The van der Waals surface area contributed by atoms with Crippen molar-refractivity contribution in [3.05, 3.63) is 29.8 Å². The lowest BCUT2D eigenvalue weighted by atomic mass is 10.0. The van der Waals surface area contributed by atoms with Crippen LogP contribution in [-0.2, 0) is 4.74 Å². The number of aliphatic hydroxyl groups is 1. The Balaban J connectivity index is 1.82. The van der Waals surface area contributed by atoms with E-state index in [0.717, 1.165) is 38.6 Å². The second kappa shape index (κ2) is 7.62. The van der Waals surface area contributed by atoms with Gasteiger partial charge in [-0.05, 0) is 17.5 Å². The van der Waals surface area contributed by atoms with E-state index in [2.05, 4.69) is 19.9 Å². The van der Waals surface area contributed by atoms with Gasteiger partial charge >= 0.3 is 0 Å². The summed E-state index contributed by atoms with van der Waals surface area (Å²) >= 11 is 0. The number of benzene rings is 1. The molecule has 1 heterocycles. The molecule has 1 saturated heterocycles. The van der Waals surface area contributed by atoms with E-state index in [1.54, 1.807) is 0 Å². The molecule has 1 aromatic rings. The van der Waals surface area contributed by atoms with Gasteiger partial charge < -0.3 is 19.5 Å². The van der Waals surface area contributed by atoms with Gasteiger partial charge in [0.15, 0.2) is 0 Å². The monoisotopic (exact) mass is 280 g/mol. The summed E-state index contributed by atoms with van der Waals surface area (Å²) in [7, 11) is 0. The Labute approximate surface area is 121 Å². The molecule has 1 fully saturated rings. The molecule has 0 amide bonds. The summed E-state index contributed by atoms with van der Waals surface area (Å²) in [6, 6.07) is 8.06. The Morgan fingerprint density at radius 2 is 1.95 bits per heavy atom. The summed E-state index contributed by atoms with van der Waals surface area (Å²) in [4.78, 5) is 1.39.